The fourth-order valence-corrected chi connectivity index (χ4v) is 2.74. The highest BCUT2D eigenvalue weighted by molar-refractivity contribution is 7.80. The van der Waals surface area contributed by atoms with Crippen molar-refractivity contribution in [3.63, 3.8) is 0 Å². The van der Waals surface area contributed by atoms with E-state index in [2.05, 4.69) is 10.6 Å². The SMILES string of the molecule is CCOc1ccc(CNC(=S)Nc2cc(C(=O)OC)ccc2C)cc1OCC. The number of hydrogen-bond donors (Lipinski definition) is 2. The molecule has 6 nitrogen and oxygen atoms in total. The summed E-state index contributed by atoms with van der Waals surface area (Å²) in [6, 6.07) is 11.1. The number of methoxy groups -OCH3 is 1. The van der Waals surface area contributed by atoms with Crippen molar-refractivity contribution in [2.24, 2.45) is 0 Å². The number of carbonyl (C=O) groups is 1. The van der Waals surface area contributed by atoms with Crippen LogP contribution < -0.4 is 20.1 Å². The lowest BCUT2D eigenvalue weighted by molar-refractivity contribution is 0.0601. The van der Waals surface area contributed by atoms with E-state index in [1.165, 1.54) is 7.11 Å². The van der Waals surface area contributed by atoms with Crippen LogP contribution in [-0.4, -0.2) is 31.4 Å². The zero-order valence-electron chi connectivity index (χ0n) is 16.6. The lowest BCUT2D eigenvalue weighted by atomic mass is 10.1. The number of ether oxygens (including phenoxy) is 3. The molecule has 0 radical (unpaired) electrons. The maximum absolute atomic E-state index is 11.7. The van der Waals surface area contributed by atoms with Gasteiger partial charge in [-0.3, -0.25) is 0 Å². The van der Waals surface area contributed by atoms with Gasteiger partial charge in [0.25, 0.3) is 0 Å². The summed E-state index contributed by atoms with van der Waals surface area (Å²) in [7, 11) is 1.36. The first-order valence-electron chi connectivity index (χ1n) is 9.10. The monoisotopic (exact) mass is 402 g/mol. The molecule has 0 aliphatic carbocycles. The van der Waals surface area contributed by atoms with Crippen molar-refractivity contribution in [2.75, 3.05) is 25.6 Å². The van der Waals surface area contributed by atoms with Crippen molar-refractivity contribution >= 4 is 29.0 Å². The fourth-order valence-electron chi connectivity index (χ4n) is 2.56. The average molecular weight is 403 g/mol. The highest BCUT2D eigenvalue weighted by Gasteiger charge is 2.10. The standard InChI is InChI=1S/C21H26N2O4S/c1-5-26-18-10-8-15(11-19(18)27-6-2)13-22-21(28)23-17-12-16(20(24)25-4)9-7-14(17)3/h7-12H,5-6,13H2,1-4H3,(H2,22,23,28). The summed E-state index contributed by atoms with van der Waals surface area (Å²) in [5.74, 6) is 1.05. The van der Waals surface area contributed by atoms with Gasteiger partial charge in [-0.25, -0.2) is 4.79 Å². The summed E-state index contributed by atoms with van der Waals surface area (Å²) in [4.78, 5) is 11.7. The number of carbonyl (C=O) groups excluding carboxylic acids is 1. The Morgan fingerprint density at radius 3 is 2.43 bits per heavy atom. The van der Waals surface area contributed by atoms with Crippen molar-refractivity contribution in [1.82, 2.24) is 5.32 Å². The molecule has 2 aromatic rings. The number of nitrogens with one attached hydrogen (secondary N) is 2. The van der Waals surface area contributed by atoms with Crippen molar-refractivity contribution < 1.29 is 19.0 Å². The summed E-state index contributed by atoms with van der Waals surface area (Å²) in [6.45, 7) is 7.47. The quantitative estimate of drug-likeness (QED) is 0.510. The lowest BCUT2D eigenvalue weighted by Gasteiger charge is -2.15. The van der Waals surface area contributed by atoms with E-state index in [9.17, 15) is 4.79 Å². The van der Waals surface area contributed by atoms with Gasteiger partial charge in [-0.2, -0.15) is 0 Å². The molecule has 2 rings (SSSR count). The average Bonchev–Trinajstić information content (AvgIpc) is 2.69. The smallest absolute Gasteiger partial charge is 0.337 e. The van der Waals surface area contributed by atoms with E-state index in [-0.39, 0.29) is 5.97 Å². The second-order valence-electron chi connectivity index (χ2n) is 5.98. The molecule has 0 atom stereocenters. The maximum atomic E-state index is 11.7. The topological polar surface area (TPSA) is 68.8 Å². The van der Waals surface area contributed by atoms with Crippen LogP contribution in [0, 0.1) is 6.92 Å². The number of rotatable bonds is 8. The van der Waals surface area contributed by atoms with Gasteiger partial charge in [0.1, 0.15) is 0 Å². The van der Waals surface area contributed by atoms with E-state index in [0.29, 0.717) is 36.2 Å². The van der Waals surface area contributed by atoms with Gasteiger partial charge in [0.15, 0.2) is 16.6 Å². The molecule has 0 aliphatic rings. The Hall–Kier alpha value is -2.80. The number of anilines is 1. The zero-order valence-corrected chi connectivity index (χ0v) is 17.4. The van der Waals surface area contributed by atoms with Crippen LogP contribution in [0.25, 0.3) is 0 Å². The minimum Gasteiger partial charge on any atom is -0.490 e. The molecule has 0 amide bonds. The Labute approximate surface area is 171 Å². The lowest BCUT2D eigenvalue weighted by Crippen LogP contribution is -2.28. The molecule has 150 valence electrons. The predicted molar refractivity (Wildman–Crippen MR) is 114 cm³/mol. The van der Waals surface area contributed by atoms with Crippen molar-refractivity contribution in [3.8, 4) is 11.5 Å². The summed E-state index contributed by atoms with van der Waals surface area (Å²) < 4.78 is 16.0. The van der Waals surface area contributed by atoms with E-state index < -0.39 is 0 Å². The molecule has 0 saturated heterocycles. The van der Waals surface area contributed by atoms with Crippen molar-refractivity contribution in [2.45, 2.75) is 27.3 Å². The highest BCUT2D eigenvalue weighted by atomic mass is 32.1. The molecule has 2 aromatic carbocycles. The first kappa shape index (κ1) is 21.5. The summed E-state index contributed by atoms with van der Waals surface area (Å²) in [6.07, 6.45) is 0. The molecular formula is C21H26N2O4S. The Morgan fingerprint density at radius 2 is 1.75 bits per heavy atom. The molecule has 0 heterocycles. The van der Waals surface area contributed by atoms with E-state index in [1.54, 1.807) is 12.1 Å². The fraction of sp³-hybridized carbons (Fsp3) is 0.333. The molecule has 0 aliphatic heterocycles. The van der Waals surface area contributed by atoms with Crippen LogP contribution in [0.15, 0.2) is 36.4 Å². The Balaban J connectivity index is 2.02. The number of thiocarbonyl (C=S) groups is 1. The van der Waals surface area contributed by atoms with Gasteiger partial charge in [-0.05, 0) is 68.4 Å². The third-order valence-corrected chi connectivity index (χ3v) is 4.21. The van der Waals surface area contributed by atoms with E-state index >= 15 is 0 Å². The van der Waals surface area contributed by atoms with Crippen LogP contribution in [-0.2, 0) is 11.3 Å². The third-order valence-electron chi connectivity index (χ3n) is 3.97. The molecule has 2 N–H and O–H groups in total. The highest BCUT2D eigenvalue weighted by Crippen LogP contribution is 2.28. The van der Waals surface area contributed by atoms with Crippen LogP contribution in [0.4, 0.5) is 5.69 Å². The van der Waals surface area contributed by atoms with Gasteiger partial charge in [0.05, 0.1) is 25.9 Å². The van der Waals surface area contributed by atoms with Gasteiger partial charge >= 0.3 is 5.97 Å². The second kappa shape index (κ2) is 10.5. The van der Waals surface area contributed by atoms with Gasteiger partial charge in [0.2, 0.25) is 0 Å². The second-order valence-corrected chi connectivity index (χ2v) is 6.38. The summed E-state index contributed by atoms with van der Waals surface area (Å²) >= 11 is 5.39. The van der Waals surface area contributed by atoms with Crippen molar-refractivity contribution in [1.29, 1.82) is 0 Å². The molecule has 0 bridgehead atoms. The van der Waals surface area contributed by atoms with Crippen LogP contribution in [0.5, 0.6) is 11.5 Å². The molecule has 28 heavy (non-hydrogen) atoms. The zero-order chi connectivity index (χ0) is 20.5. The molecular weight excluding hydrogens is 376 g/mol. The first-order valence-corrected chi connectivity index (χ1v) is 9.51. The minimum absolute atomic E-state index is 0.389. The third kappa shape index (κ3) is 5.85. The van der Waals surface area contributed by atoms with Crippen LogP contribution >= 0.6 is 12.2 Å². The summed E-state index contributed by atoms with van der Waals surface area (Å²) in [5, 5.41) is 6.75. The maximum Gasteiger partial charge on any atom is 0.337 e. The van der Waals surface area contributed by atoms with Crippen LogP contribution in [0.1, 0.15) is 35.3 Å². The van der Waals surface area contributed by atoms with Crippen LogP contribution in [0.3, 0.4) is 0 Å². The molecule has 7 heteroatoms. The van der Waals surface area contributed by atoms with Crippen molar-refractivity contribution in [3.05, 3.63) is 53.1 Å². The molecule has 0 saturated carbocycles. The van der Waals surface area contributed by atoms with E-state index in [0.717, 1.165) is 22.6 Å². The number of benzene rings is 2. The molecule has 0 fully saturated rings. The predicted octanol–water partition coefficient (Wildman–Crippen LogP) is 4.07. The van der Waals surface area contributed by atoms with Gasteiger partial charge in [-0.15, -0.1) is 0 Å². The van der Waals surface area contributed by atoms with Gasteiger partial charge in [0, 0.05) is 12.2 Å². The van der Waals surface area contributed by atoms with Gasteiger partial charge < -0.3 is 24.8 Å². The van der Waals surface area contributed by atoms with Gasteiger partial charge in [-0.1, -0.05) is 12.1 Å². The van der Waals surface area contributed by atoms with E-state index in [4.69, 9.17) is 26.4 Å². The van der Waals surface area contributed by atoms with Crippen LogP contribution in [0.2, 0.25) is 0 Å². The van der Waals surface area contributed by atoms with E-state index in [1.807, 2.05) is 45.0 Å². The Morgan fingerprint density at radius 1 is 1.04 bits per heavy atom. The Bertz CT molecular complexity index is 839. The summed E-state index contributed by atoms with van der Waals surface area (Å²) in [5.41, 5.74) is 3.20. The largest absolute Gasteiger partial charge is 0.490 e. The minimum atomic E-state index is -0.389. The number of aryl methyl sites for hydroxylation is 1. The molecule has 0 aromatic heterocycles. The number of esters is 1. The number of hydrogen-bond acceptors (Lipinski definition) is 5. The Kier molecular flexibility index (Phi) is 8.07. The molecule has 0 spiro atoms. The molecule has 0 unspecified atom stereocenters. The first-order chi connectivity index (χ1) is 13.5. The normalized spacial score (nSPS) is 10.1.